The van der Waals surface area contributed by atoms with Crippen molar-refractivity contribution in [3.8, 4) is 0 Å². The fraction of sp³-hybridized carbons (Fsp3) is 1.00. The van der Waals surface area contributed by atoms with E-state index >= 15 is 0 Å². The molecule has 0 amide bonds. The lowest BCUT2D eigenvalue weighted by molar-refractivity contribution is 0.0573. The average molecular weight is 195 g/mol. The van der Waals surface area contributed by atoms with Gasteiger partial charge in [-0.15, -0.1) is 0 Å². The predicted octanol–water partition coefficient (Wildman–Crippen LogP) is 3.30. The molecule has 1 nitrogen and oxygen atoms in total. The van der Waals surface area contributed by atoms with E-state index in [4.69, 9.17) is 0 Å². The minimum absolute atomic E-state index is 0.776. The molecule has 2 rings (SSSR count). The molecule has 2 aliphatic rings. The third-order valence-corrected chi connectivity index (χ3v) is 4.70. The van der Waals surface area contributed by atoms with Crippen molar-refractivity contribution in [2.45, 2.75) is 52.4 Å². The molecule has 1 aliphatic carbocycles. The summed E-state index contributed by atoms with van der Waals surface area (Å²) in [5, 5.41) is 0. The minimum Gasteiger partial charge on any atom is -0.304 e. The Hall–Kier alpha value is -0.0400. The van der Waals surface area contributed by atoms with E-state index in [2.05, 4.69) is 18.7 Å². The highest BCUT2D eigenvalue weighted by molar-refractivity contribution is 4.89. The van der Waals surface area contributed by atoms with Crippen molar-refractivity contribution in [3.63, 3.8) is 0 Å². The van der Waals surface area contributed by atoms with Crippen molar-refractivity contribution in [2.24, 2.45) is 11.3 Å². The zero-order valence-corrected chi connectivity index (χ0v) is 9.89. The summed E-state index contributed by atoms with van der Waals surface area (Å²) in [6, 6.07) is 0. The molecule has 2 fully saturated rings. The van der Waals surface area contributed by atoms with Crippen LogP contribution < -0.4 is 0 Å². The maximum absolute atomic E-state index is 2.61. The number of hydrogen-bond donors (Lipinski definition) is 0. The lowest BCUT2D eigenvalue weighted by Crippen LogP contribution is -2.41. The van der Waals surface area contributed by atoms with Gasteiger partial charge in [-0.25, -0.2) is 0 Å². The standard InChI is InChI=1S/C13H25N/c1-3-14-10-8-13(9-11-14)6-4-12(2)5-7-13/h12H,3-11H2,1-2H3. The Labute approximate surface area is 88.9 Å². The first-order valence-corrected chi connectivity index (χ1v) is 6.46. The van der Waals surface area contributed by atoms with Crippen LogP contribution in [0.5, 0.6) is 0 Å². The maximum atomic E-state index is 2.61. The highest BCUT2D eigenvalue weighted by atomic mass is 15.1. The van der Waals surface area contributed by atoms with Gasteiger partial charge in [-0.1, -0.05) is 26.7 Å². The molecule has 14 heavy (non-hydrogen) atoms. The zero-order chi connectivity index (χ0) is 10.0. The van der Waals surface area contributed by atoms with Crippen LogP contribution in [-0.4, -0.2) is 24.5 Å². The largest absolute Gasteiger partial charge is 0.304 e. The second-order valence-electron chi connectivity index (χ2n) is 5.62. The molecule has 0 aromatic carbocycles. The van der Waals surface area contributed by atoms with E-state index in [1.807, 2.05) is 0 Å². The molecule has 1 saturated heterocycles. The summed E-state index contributed by atoms with van der Waals surface area (Å²) in [6.45, 7) is 8.71. The van der Waals surface area contributed by atoms with Crippen LogP contribution in [0.15, 0.2) is 0 Å². The number of nitrogens with zero attached hydrogens (tertiary/aromatic N) is 1. The van der Waals surface area contributed by atoms with Crippen LogP contribution >= 0.6 is 0 Å². The van der Waals surface area contributed by atoms with Crippen LogP contribution in [0.3, 0.4) is 0 Å². The quantitative estimate of drug-likeness (QED) is 0.620. The second-order valence-corrected chi connectivity index (χ2v) is 5.62. The van der Waals surface area contributed by atoms with E-state index in [0.717, 1.165) is 11.3 Å². The zero-order valence-electron chi connectivity index (χ0n) is 9.89. The van der Waals surface area contributed by atoms with E-state index in [9.17, 15) is 0 Å². The summed E-state index contributed by atoms with van der Waals surface area (Å²) in [5.41, 5.74) is 0.776. The fourth-order valence-corrected chi connectivity index (χ4v) is 3.22. The molecule has 0 bridgehead atoms. The predicted molar refractivity (Wildman–Crippen MR) is 61.4 cm³/mol. The van der Waals surface area contributed by atoms with Gasteiger partial charge in [-0.3, -0.25) is 0 Å². The van der Waals surface area contributed by atoms with Crippen molar-refractivity contribution in [1.82, 2.24) is 4.90 Å². The lowest BCUT2D eigenvalue weighted by atomic mass is 9.66. The van der Waals surface area contributed by atoms with E-state index in [1.54, 1.807) is 0 Å². The smallest absolute Gasteiger partial charge is 0.00135 e. The number of likely N-dealkylation sites (tertiary alicyclic amines) is 1. The van der Waals surface area contributed by atoms with Gasteiger partial charge in [0.25, 0.3) is 0 Å². The Balaban J connectivity index is 1.86. The van der Waals surface area contributed by atoms with Gasteiger partial charge in [0.1, 0.15) is 0 Å². The summed E-state index contributed by atoms with van der Waals surface area (Å²) in [5.74, 6) is 1.00. The topological polar surface area (TPSA) is 3.24 Å². The normalized spacial score (nSPS) is 29.6. The van der Waals surface area contributed by atoms with Crippen LogP contribution in [0.4, 0.5) is 0 Å². The van der Waals surface area contributed by atoms with Crippen LogP contribution in [0.2, 0.25) is 0 Å². The molecular weight excluding hydrogens is 170 g/mol. The summed E-state index contributed by atoms with van der Waals surface area (Å²) in [6.07, 6.45) is 8.98. The molecule has 1 aliphatic heterocycles. The Bertz CT molecular complexity index is 170. The van der Waals surface area contributed by atoms with Gasteiger partial charge < -0.3 is 4.90 Å². The van der Waals surface area contributed by atoms with E-state index in [-0.39, 0.29) is 0 Å². The molecule has 1 heterocycles. The summed E-state index contributed by atoms with van der Waals surface area (Å²) in [7, 11) is 0. The highest BCUT2D eigenvalue weighted by Gasteiger charge is 2.36. The van der Waals surface area contributed by atoms with Gasteiger partial charge in [0.15, 0.2) is 0 Å². The molecular formula is C13H25N. The first-order chi connectivity index (χ1) is 6.74. The molecule has 0 radical (unpaired) electrons. The minimum atomic E-state index is 0.776. The third-order valence-electron chi connectivity index (χ3n) is 4.70. The van der Waals surface area contributed by atoms with Crippen molar-refractivity contribution in [2.75, 3.05) is 19.6 Å². The van der Waals surface area contributed by atoms with Gasteiger partial charge in [0.05, 0.1) is 0 Å². The van der Waals surface area contributed by atoms with Crippen molar-refractivity contribution in [1.29, 1.82) is 0 Å². The van der Waals surface area contributed by atoms with Gasteiger partial charge in [0, 0.05) is 0 Å². The molecule has 1 saturated carbocycles. The average Bonchev–Trinajstić information content (AvgIpc) is 2.24. The van der Waals surface area contributed by atoms with E-state index < -0.39 is 0 Å². The summed E-state index contributed by atoms with van der Waals surface area (Å²) in [4.78, 5) is 2.61. The molecule has 0 N–H and O–H groups in total. The maximum Gasteiger partial charge on any atom is -0.00135 e. The van der Waals surface area contributed by atoms with Gasteiger partial charge in [0.2, 0.25) is 0 Å². The molecule has 0 aromatic heterocycles. The van der Waals surface area contributed by atoms with Crippen molar-refractivity contribution < 1.29 is 0 Å². The Morgan fingerprint density at radius 2 is 1.64 bits per heavy atom. The molecule has 82 valence electrons. The van der Waals surface area contributed by atoms with Gasteiger partial charge in [-0.05, 0) is 56.7 Å². The van der Waals surface area contributed by atoms with Crippen LogP contribution in [-0.2, 0) is 0 Å². The molecule has 1 spiro atoms. The third kappa shape index (κ3) is 2.13. The molecule has 0 unspecified atom stereocenters. The molecule has 0 aromatic rings. The number of piperidine rings is 1. The van der Waals surface area contributed by atoms with Crippen LogP contribution in [0.1, 0.15) is 52.4 Å². The lowest BCUT2D eigenvalue weighted by Gasteiger charge is -2.45. The molecule has 1 heteroatoms. The summed E-state index contributed by atoms with van der Waals surface area (Å²) >= 11 is 0. The fourth-order valence-electron chi connectivity index (χ4n) is 3.22. The number of hydrogen-bond acceptors (Lipinski definition) is 1. The van der Waals surface area contributed by atoms with E-state index in [1.165, 1.54) is 58.2 Å². The first kappa shape index (κ1) is 10.5. The van der Waals surface area contributed by atoms with Crippen molar-refractivity contribution >= 4 is 0 Å². The number of rotatable bonds is 1. The van der Waals surface area contributed by atoms with Gasteiger partial charge in [-0.2, -0.15) is 0 Å². The Morgan fingerprint density at radius 3 is 2.14 bits per heavy atom. The highest BCUT2D eigenvalue weighted by Crippen LogP contribution is 2.45. The summed E-state index contributed by atoms with van der Waals surface area (Å²) < 4.78 is 0. The van der Waals surface area contributed by atoms with E-state index in [0.29, 0.717) is 0 Å². The van der Waals surface area contributed by atoms with Crippen LogP contribution in [0.25, 0.3) is 0 Å². The Kier molecular flexibility index (Phi) is 3.16. The second kappa shape index (κ2) is 4.22. The SMILES string of the molecule is CCN1CCC2(CCC(C)CC2)CC1. The Morgan fingerprint density at radius 1 is 1.07 bits per heavy atom. The monoisotopic (exact) mass is 195 g/mol. The molecule has 0 atom stereocenters. The van der Waals surface area contributed by atoms with Gasteiger partial charge >= 0.3 is 0 Å². The van der Waals surface area contributed by atoms with Crippen molar-refractivity contribution in [3.05, 3.63) is 0 Å². The first-order valence-electron chi connectivity index (χ1n) is 6.46. The van der Waals surface area contributed by atoms with Crippen LogP contribution in [0, 0.1) is 11.3 Å².